The van der Waals surface area contributed by atoms with E-state index in [0.717, 1.165) is 58.3 Å². The molecule has 3 aliphatic heterocycles. The number of carbonyl (C=O) groups excluding carboxylic acids is 1. The Bertz CT molecular complexity index is 1200. The summed E-state index contributed by atoms with van der Waals surface area (Å²) in [5.74, 6) is 0.585. The molecule has 3 atom stereocenters. The summed E-state index contributed by atoms with van der Waals surface area (Å²) in [6.07, 6.45) is 5.94. The lowest BCUT2D eigenvalue weighted by molar-refractivity contribution is 0.0900. The molecule has 208 valence electrons. The second kappa shape index (κ2) is 12.0. The Morgan fingerprint density at radius 3 is 2.53 bits per heavy atom. The van der Waals surface area contributed by atoms with E-state index in [1.54, 1.807) is 16.4 Å². The summed E-state index contributed by atoms with van der Waals surface area (Å²) in [5.41, 5.74) is 0.872. The van der Waals surface area contributed by atoms with Crippen LogP contribution in [0.4, 0.5) is 0 Å². The Morgan fingerprint density at radius 2 is 1.84 bits per heavy atom. The van der Waals surface area contributed by atoms with Crippen molar-refractivity contribution in [1.82, 2.24) is 25.0 Å². The molecule has 1 aromatic heterocycles. The first-order chi connectivity index (χ1) is 18.3. The molecule has 11 heteroatoms. The van der Waals surface area contributed by atoms with E-state index in [1.807, 2.05) is 25.2 Å². The number of nitrogens with zero attached hydrogens (tertiary/aromatic N) is 3. The van der Waals surface area contributed by atoms with E-state index in [0.29, 0.717) is 29.2 Å². The van der Waals surface area contributed by atoms with E-state index >= 15 is 0 Å². The zero-order valence-electron chi connectivity index (χ0n) is 21.9. The fourth-order valence-electron chi connectivity index (χ4n) is 6.38. The van der Waals surface area contributed by atoms with Crippen LogP contribution in [0.2, 0.25) is 5.02 Å². The van der Waals surface area contributed by atoms with E-state index in [4.69, 9.17) is 16.1 Å². The van der Waals surface area contributed by atoms with E-state index in [-0.39, 0.29) is 41.4 Å². The Hall–Kier alpha value is -1.98. The van der Waals surface area contributed by atoms with Gasteiger partial charge in [0.25, 0.3) is 5.91 Å². The van der Waals surface area contributed by atoms with Gasteiger partial charge in [-0.3, -0.25) is 4.79 Å². The second-order valence-electron chi connectivity index (χ2n) is 10.9. The van der Waals surface area contributed by atoms with Crippen LogP contribution in [0.1, 0.15) is 55.4 Å². The van der Waals surface area contributed by atoms with Gasteiger partial charge in [0.2, 0.25) is 10.0 Å². The molecule has 2 bridgehead atoms. The number of hydrogen-bond donors (Lipinski definition) is 2. The molecule has 9 nitrogen and oxygen atoms in total. The van der Waals surface area contributed by atoms with Crippen molar-refractivity contribution in [1.29, 1.82) is 0 Å². The summed E-state index contributed by atoms with van der Waals surface area (Å²) in [6.45, 7) is 4.03. The Morgan fingerprint density at radius 1 is 1.13 bits per heavy atom. The molecule has 38 heavy (non-hydrogen) atoms. The van der Waals surface area contributed by atoms with Crippen LogP contribution in [0, 0.1) is 5.92 Å². The van der Waals surface area contributed by atoms with Gasteiger partial charge in [-0.2, -0.15) is 4.31 Å². The lowest BCUT2D eigenvalue weighted by Crippen LogP contribution is -2.53. The van der Waals surface area contributed by atoms with E-state index in [2.05, 4.69) is 20.7 Å². The molecule has 3 aliphatic rings. The van der Waals surface area contributed by atoms with Crippen molar-refractivity contribution in [3.05, 3.63) is 41.0 Å². The van der Waals surface area contributed by atoms with Crippen molar-refractivity contribution in [3.8, 4) is 11.3 Å². The maximum Gasteiger partial charge on any atom is 0.273 e. The van der Waals surface area contributed by atoms with Gasteiger partial charge in [0.05, 0.1) is 10.8 Å². The summed E-state index contributed by atoms with van der Waals surface area (Å²) in [5, 5.41) is 10.7. The fraction of sp³-hybridized carbons (Fsp3) is 0.630. The fourth-order valence-corrected chi connectivity index (χ4v) is 9.00. The van der Waals surface area contributed by atoms with Gasteiger partial charge < -0.3 is 20.1 Å². The van der Waals surface area contributed by atoms with Gasteiger partial charge in [-0.05, 0) is 96.2 Å². The van der Waals surface area contributed by atoms with Crippen LogP contribution >= 0.6 is 11.6 Å². The van der Waals surface area contributed by atoms with Gasteiger partial charge in [-0.1, -0.05) is 28.9 Å². The average Bonchev–Trinajstić information content (AvgIpc) is 3.49. The molecule has 1 aromatic carbocycles. The predicted molar refractivity (Wildman–Crippen MR) is 148 cm³/mol. The molecule has 3 saturated heterocycles. The van der Waals surface area contributed by atoms with Crippen LogP contribution in [0.5, 0.6) is 0 Å². The maximum atomic E-state index is 13.5. The standard InChI is InChI=1S/C27H38ClN5O4S/c1-29-11-4-12-32-13-9-19(10-14-32)18-38(35,36)33-21-7-8-22(33)16-20(15-21)30-27(34)25-17-26(37-31-25)23-5-2-3-6-24(23)28/h2-3,5-6,17,19-22,29H,4,7-16,18H2,1H3,(H,30,34)/t20?,21-,22+. The van der Waals surface area contributed by atoms with Crippen molar-refractivity contribution in [2.45, 2.75) is 63.1 Å². The molecule has 1 amide bonds. The minimum atomic E-state index is -3.34. The van der Waals surface area contributed by atoms with Crippen molar-refractivity contribution >= 4 is 27.5 Å². The number of carbonyl (C=O) groups is 1. The molecule has 3 fully saturated rings. The molecule has 2 aromatic rings. The summed E-state index contributed by atoms with van der Waals surface area (Å²) < 4.78 is 34.2. The van der Waals surface area contributed by atoms with E-state index in [1.165, 1.54) is 0 Å². The molecule has 0 spiro atoms. The molecule has 4 heterocycles. The first kappa shape index (κ1) is 27.6. The molecule has 5 rings (SSSR count). The zero-order chi connectivity index (χ0) is 26.7. The van der Waals surface area contributed by atoms with Crippen LogP contribution in [0.3, 0.4) is 0 Å². The summed E-state index contributed by atoms with van der Waals surface area (Å²) in [4.78, 5) is 15.4. The summed E-state index contributed by atoms with van der Waals surface area (Å²) in [6, 6.07) is 8.63. The number of likely N-dealkylation sites (tertiary alicyclic amines) is 1. The predicted octanol–water partition coefficient (Wildman–Crippen LogP) is 3.37. The smallest absolute Gasteiger partial charge is 0.273 e. The third-order valence-corrected chi connectivity index (χ3v) is 10.7. The van der Waals surface area contributed by atoms with Crippen LogP contribution in [0.25, 0.3) is 11.3 Å². The van der Waals surface area contributed by atoms with Crippen LogP contribution < -0.4 is 10.6 Å². The Kier molecular flexibility index (Phi) is 8.74. The average molecular weight is 564 g/mol. The molecule has 0 aliphatic carbocycles. The van der Waals surface area contributed by atoms with Crippen LogP contribution in [0.15, 0.2) is 34.9 Å². The number of rotatable bonds is 10. The SMILES string of the molecule is CNCCCN1CCC(CS(=O)(=O)N2[C@@H]3CC[C@H]2CC(NC(=O)c2cc(-c4ccccc4Cl)on2)C3)CC1. The summed E-state index contributed by atoms with van der Waals surface area (Å²) in [7, 11) is -1.37. The van der Waals surface area contributed by atoms with Gasteiger partial charge in [0.1, 0.15) is 0 Å². The number of piperidine rings is 2. The topological polar surface area (TPSA) is 108 Å². The van der Waals surface area contributed by atoms with Gasteiger partial charge in [0.15, 0.2) is 11.5 Å². The normalized spacial score (nSPS) is 25.1. The largest absolute Gasteiger partial charge is 0.355 e. The highest BCUT2D eigenvalue weighted by molar-refractivity contribution is 7.89. The highest BCUT2D eigenvalue weighted by Crippen LogP contribution is 2.39. The first-order valence-electron chi connectivity index (χ1n) is 13.7. The first-order valence-corrected chi connectivity index (χ1v) is 15.7. The second-order valence-corrected chi connectivity index (χ2v) is 13.3. The minimum Gasteiger partial charge on any atom is -0.355 e. The van der Waals surface area contributed by atoms with E-state index in [9.17, 15) is 13.2 Å². The molecule has 1 unspecified atom stereocenters. The molecule has 0 saturated carbocycles. The number of aromatic nitrogens is 1. The van der Waals surface area contributed by atoms with Crippen molar-refractivity contribution < 1.29 is 17.7 Å². The lowest BCUT2D eigenvalue weighted by atomic mass is 9.99. The molecule has 2 N–H and O–H groups in total. The number of halogens is 1. The number of hydrogen-bond acceptors (Lipinski definition) is 7. The monoisotopic (exact) mass is 563 g/mol. The highest BCUT2D eigenvalue weighted by atomic mass is 35.5. The number of fused-ring (bicyclic) bond motifs is 2. The number of benzene rings is 1. The third-order valence-electron chi connectivity index (χ3n) is 8.26. The third kappa shape index (κ3) is 6.25. The molecular weight excluding hydrogens is 526 g/mol. The van der Waals surface area contributed by atoms with E-state index < -0.39 is 10.0 Å². The van der Waals surface area contributed by atoms with Crippen molar-refractivity contribution in [2.75, 3.05) is 39.0 Å². The lowest BCUT2D eigenvalue weighted by Gasteiger charge is -2.39. The Balaban J connectivity index is 1.14. The number of nitrogens with one attached hydrogen (secondary N) is 2. The number of amides is 1. The minimum absolute atomic E-state index is 0.0540. The van der Waals surface area contributed by atoms with Gasteiger partial charge in [0, 0.05) is 29.8 Å². The van der Waals surface area contributed by atoms with Crippen molar-refractivity contribution in [3.63, 3.8) is 0 Å². The van der Waals surface area contributed by atoms with Gasteiger partial charge in [-0.15, -0.1) is 0 Å². The van der Waals surface area contributed by atoms with Crippen LogP contribution in [-0.2, 0) is 10.0 Å². The summed E-state index contributed by atoms with van der Waals surface area (Å²) >= 11 is 6.24. The highest BCUT2D eigenvalue weighted by Gasteiger charge is 2.47. The maximum absolute atomic E-state index is 13.5. The Labute approximate surface area is 230 Å². The van der Waals surface area contributed by atoms with Gasteiger partial charge >= 0.3 is 0 Å². The van der Waals surface area contributed by atoms with Crippen LogP contribution in [-0.4, -0.2) is 85.8 Å². The quantitative estimate of drug-likeness (QED) is 0.427. The number of sulfonamides is 1. The zero-order valence-corrected chi connectivity index (χ0v) is 23.5. The van der Waals surface area contributed by atoms with Gasteiger partial charge in [-0.25, -0.2) is 8.42 Å². The molecule has 0 radical (unpaired) electrons. The van der Waals surface area contributed by atoms with Crippen molar-refractivity contribution in [2.24, 2.45) is 5.92 Å². The molecular formula is C27H38ClN5O4S.